The molecule has 5 nitrogen and oxygen atoms in total. The van der Waals surface area contributed by atoms with E-state index in [0.29, 0.717) is 6.04 Å². The third kappa shape index (κ3) is 3.48. The molecule has 1 unspecified atom stereocenters. The number of thiazole rings is 2. The number of hydrogen-bond acceptors (Lipinski definition) is 7. The summed E-state index contributed by atoms with van der Waals surface area (Å²) in [5.41, 5.74) is 5.37. The van der Waals surface area contributed by atoms with Gasteiger partial charge in [-0.3, -0.25) is 4.90 Å². The zero-order valence-corrected chi connectivity index (χ0v) is 15.1. The van der Waals surface area contributed by atoms with Gasteiger partial charge in [-0.2, -0.15) is 0 Å². The van der Waals surface area contributed by atoms with Crippen LogP contribution in [0, 0.1) is 6.92 Å². The largest absolute Gasteiger partial charge is 0.316 e. The van der Waals surface area contributed by atoms with Crippen LogP contribution in [0.1, 0.15) is 35.8 Å². The lowest BCUT2D eigenvalue weighted by Crippen LogP contribution is -2.23. The van der Waals surface area contributed by atoms with Crippen LogP contribution in [0.25, 0.3) is 0 Å². The number of aromatic nitrogens is 3. The van der Waals surface area contributed by atoms with E-state index in [-0.39, 0.29) is 0 Å². The van der Waals surface area contributed by atoms with E-state index >= 15 is 0 Å². The van der Waals surface area contributed by atoms with E-state index in [1.54, 1.807) is 22.7 Å². The maximum absolute atomic E-state index is 4.80. The summed E-state index contributed by atoms with van der Waals surface area (Å²) in [5, 5.41) is 8.51. The first-order valence-electron chi connectivity index (χ1n) is 8.04. The van der Waals surface area contributed by atoms with Gasteiger partial charge >= 0.3 is 0 Å². The van der Waals surface area contributed by atoms with Crippen LogP contribution in [-0.4, -0.2) is 26.4 Å². The van der Waals surface area contributed by atoms with Crippen molar-refractivity contribution >= 4 is 33.6 Å². The zero-order valence-electron chi connectivity index (χ0n) is 13.5. The Balaban J connectivity index is 1.46. The molecule has 3 aromatic heterocycles. The molecule has 0 saturated carbocycles. The summed E-state index contributed by atoms with van der Waals surface area (Å²) in [7, 11) is 0. The number of aryl methyl sites for hydroxylation is 1. The van der Waals surface area contributed by atoms with Gasteiger partial charge < -0.3 is 5.32 Å². The molecule has 1 saturated heterocycles. The summed E-state index contributed by atoms with van der Waals surface area (Å²) < 4.78 is 0. The van der Waals surface area contributed by atoms with Crippen LogP contribution >= 0.6 is 22.7 Å². The smallest absolute Gasteiger partial charge is 0.188 e. The maximum Gasteiger partial charge on any atom is 0.188 e. The number of nitrogens with one attached hydrogen (secondary N) is 1. The van der Waals surface area contributed by atoms with Crippen molar-refractivity contribution in [3.8, 4) is 0 Å². The average molecular weight is 358 g/mol. The van der Waals surface area contributed by atoms with E-state index in [1.165, 1.54) is 6.42 Å². The lowest BCUT2D eigenvalue weighted by atomic mass is 10.1. The first-order valence-corrected chi connectivity index (χ1v) is 9.86. The van der Waals surface area contributed by atoms with Gasteiger partial charge in [-0.15, -0.1) is 22.7 Å². The van der Waals surface area contributed by atoms with Crippen LogP contribution in [0.15, 0.2) is 34.6 Å². The molecule has 1 atom stereocenters. The summed E-state index contributed by atoms with van der Waals surface area (Å²) in [6.07, 6.45) is 4.24. The van der Waals surface area contributed by atoms with E-state index in [0.717, 1.165) is 47.4 Å². The van der Waals surface area contributed by atoms with Crippen LogP contribution < -0.4 is 5.32 Å². The van der Waals surface area contributed by atoms with Crippen LogP contribution in [0.5, 0.6) is 0 Å². The Hall–Kier alpha value is -1.83. The van der Waals surface area contributed by atoms with Crippen molar-refractivity contribution < 1.29 is 0 Å². The summed E-state index contributed by atoms with van der Waals surface area (Å²) in [6.45, 7) is 4.06. The van der Waals surface area contributed by atoms with E-state index in [9.17, 15) is 0 Å². The first-order chi connectivity index (χ1) is 11.8. The molecule has 24 heavy (non-hydrogen) atoms. The predicted molar refractivity (Wildman–Crippen MR) is 98.9 cm³/mol. The average Bonchev–Trinajstić information content (AvgIpc) is 3.32. The molecule has 1 N–H and O–H groups in total. The highest BCUT2D eigenvalue weighted by Gasteiger charge is 2.28. The normalized spacial score (nSPS) is 18.1. The van der Waals surface area contributed by atoms with Gasteiger partial charge in [0.25, 0.3) is 0 Å². The highest BCUT2D eigenvalue weighted by Crippen LogP contribution is 2.35. The van der Waals surface area contributed by atoms with Gasteiger partial charge in [0.05, 0.1) is 22.9 Å². The minimum Gasteiger partial charge on any atom is -0.316 e. The predicted octanol–water partition coefficient (Wildman–Crippen LogP) is 4.38. The maximum atomic E-state index is 4.80. The SMILES string of the molecule is Cc1ccc(Nc2nc(C3CCCN3Cc3cscn3)cs2)nc1. The Morgan fingerprint density at radius 3 is 3.04 bits per heavy atom. The molecule has 0 spiro atoms. The highest BCUT2D eigenvalue weighted by molar-refractivity contribution is 7.13. The Morgan fingerprint density at radius 1 is 1.29 bits per heavy atom. The molecule has 0 aliphatic carbocycles. The van der Waals surface area contributed by atoms with Crippen molar-refractivity contribution in [2.24, 2.45) is 0 Å². The standard InChI is InChI=1S/C17H19N5S2/c1-12-4-5-16(18-7-12)21-17-20-14(10-24-17)15-3-2-6-22(15)8-13-9-23-11-19-13/h4-5,7,9-11,15H,2-3,6,8H2,1H3,(H,18,20,21). The van der Waals surface area contributed by atoms with Gasteiger partial charge in [0.15, 0.2) is 5.13 Å². The van der Waals surface area contributed by atoms with E-state index in [4.69, 9.17) is 4.98 Å². The molecular weight excluding hydrogens is 338 g/mol. The monoisotopic (exact) mass is 357 g/mol. The first kappa shape index (κ1) is 15.7. The molecule has 124 valence electrons. The number of rotatable bonds is 5. The molecule has 1 aliphatic heterocycles. The van der Waals surface area contributed by atoms with Gasteiger partial charge in [0.2, 0.25) is 0 Å². The second-order valence-electron chi connectivity index (χ2n) is 6.03. The second kappa shape index (κ2) is 6.96. The third-order valence-corrected chi connectivity index (χ3v) is 5.63. The molecule has 0 amide bonds. The summed E-state index contributed by atoms with van der Waals surface area (Å²) in [6, 6.07) is 4.43. The fourth-order valence-corrected chi connectivity index (χ4v) is 4.34. The van der Waals surface area contributed by atoms with Gasteiger partial charge in [-0.05, 0) is 37.9 Å². The number of hydrogen-bond donors (Lipinski definition) is 1. The van der Waals surface area contributed by atoms with E-state index < -0.39 is 0 Å². The summed E-state index contributed by atoms with van der Waals surface area (Å²) >= 11 is 3.30. The molecule has 0 aromatic carbocycles. The molecule has 7 heteroatoms. The molecular formula is C17H19N5S2. The number of likely N-dealkylation sites (tertiary alicyclic amines) is 1. The van der Waals surface area contributed by atoms with Gasteiger partial charge in [-0.25, -0.2) is 15.0 Å². The zero-order chi connectivity index (χ0) is 16.4. The minimum atomic E-state index is 0.393. The molecule has 1 aliphatic rings. The van der Waals surface area contributed by atoms with Crippen LogP contribution in [-0.2, 0) is 6.54 Å². The fourth-order valence-electron chi connectivity index (χ4n) is 3.02. The Kier molecular flexibility index (Phi) is 4.55. The Morgan fingerprint density at radius 2 is 2.25 bits per heavy atom. The van der Waals surface area contributed by atoms with Gasteiger partial charge in [0, 0.05) is 23.5 Å². The fraction of sp³-hybridized carbons (Fsp3) is 0.353. The molecule has 4 heterocycles. The molecule has 1 fully saturated rings. The van der Waals surface area contributed by atoms with Gasteiger partial charge in [-0.1, -0.05) is 6.07 Å². The van der Waals surface area contributed by atoms with Crippen LogP contribution in [0.4, 0.5) is 10.9 Å². The van der Waals surface area contributed by atoms with E-state index in [1.807, 2.05) is 24.7 Å². The lowest BCUT2D eigenvalue weighted by Gasteiger charge is -2.21. The lowest BCUT2D eigenvalue weighted by molar-refractivity contribution is 0.243. The van der Waals surface area contributed by atoms with E-state index in [2.05, 4.69) is 37.0 Å². The number of pyridine rings is 1. The Labute approximate surface area is 149 Å². The van der Waals surface area contributed by atoms with Crippen molar-refractivity contribution in [3.05, 3.63) is 51.6 Å². The van der Waals surface area contributed by atoms with Crippen molar-refractivity contribution in [3.63, 3.8) is 0 Å². The van der Waals surface area contributed by atoms with Crippen LogP contribution in [0.3, 0.4) is 0 Å². The highest BCUT2D eigenvalue weighted by atomic mass is 32.1. The summed E-state index contributed by atoms with van der Waals surface area (Å²) in [4.78, 5) is 16.1. The Bertz CT molecular complexity index is 782. The molecule has 3 aromatic rings. The third-order valence-electron chi connectivity index (χ3n) is 4.22. The molecule has 0 radical (unpaired) electrons. The second-order valence-corrected chi connectivity index (χ2v) is 7.61. The van der Waals surface area contributed by atoms with Crippen molar-refractivity contribution in [2.45, 2.75) is 32.4 Å². The molecule has 4 rings (SSSR count). The number of anilines is 2. The quantitative estimate of drug-likeness (QED) is 0.734. The van der Waals surface area contributed by atoms with Crippen molar-refractivity contribution in [2.75, 3.05) is 11.9 Å². The summed E-state index contributed by atoms with van der Waals surface area (Å²) in [5.74, 6) is 0.840. The van der Waals surface area contributed by atoms with Gasteiger partial charge in [0.1, 0.15) is 5.82 Å². The molecule has 0 bridgehead atoms. The minimum absolute atomic E-state index is 0.393. The van der Waals surface area contributed by atoms with Crippen molar-refractivity contribution in [1.82, 2.24) is 19.9 Å². The van der Waals surface area contributed by atoms with Crippen LogP contribution in [0.2, 0.25) is 0 Å². The van der Waals surface area contributed by atoms with Crippen molar-refractivity contribution in [1.29, 1.82) is 0 Å². The topological polar surface area (TPSA) is 53.9 Å². The number of nitrogens with zero attached hydrogens (tertiary/aromatic N) is 4.